The molecule has 1 saturated carbocycles. The SMILES string of the molecule is C1CCC(CN2CCCNCCC2)C1. The molecular formula is C12H24N2. The highest BCUT2D eigenvalue weighted by Crippen LogP contribution is 2.25. The lowest BCUT2D eigenvalue weighted by Gasteiger charge is -2.27. The summed E-state index contributed by atoms with van der Waals surface area (Å²) in [6, 6.07) is 0. The van der Waals surface area contributed by atoms with Crippen LogP contribution in [0.25, 0.3) is 0 Å². The third-order valence-electron chi connectivity index (χ3n) is 3.65. The molecule has 0 unspecified atom stereocenters. The van der Waals surface area contributed by atoms with Crippen LogP contribution in [0.2, 0.25) is 0 Å². The van der Waals surface area contributed by atoms with Gasteiger partial charge in [-0.25, -0.2) is 0 Å². The van der Waals surface area contributed by atoms with E-state index in [1.54, 1.807) is 0 Å². The molecule has 0 amide bonds. The van der Waals surface area contributed by atoms with Crippen LogP contribution in [0.15, 0.2) is 0 Å². The van der Waals surface area contributed by atoms with Crippen LogP contribution >= 0.6 is 0 Å². The molecule has 0 spiro atoms. The number of nitrogens with one attached hydrogen (secondary N) is 1. The highest BCUT2D eigenvalue weighted by Gasteiger charge is 2.18. The molecule has 2 fully saturated rings. The van der Waals surface area contributed by atoms with Crippen LogP contribution in [-0.2, 0) is 0 Å². The predicted octanol–water partition coefficient (Wildman–Crippen LogP) is 1.86. The fraction of sp³-hybridized carbons (Fsp3) is 1.00. The molecule has 2 heteroatoms. The lowest BCUT2D eigenvalue weighted by atomic mass is 10.1. The van der Waals surface area contributed by atoms with E-state index in [9.17, 15) is 0 Å². The summed E-state index contributed by atoms with van der Waals surface area (Å²) in [7, 11) is 0. The van der Waals surface area contributed by atoms with Gasteiger partial charge in [0, 0.05) is 6.54 Å². The van der Waals surface area contributed by atoms with Gasteiger partial charge in [0.05, 0.1) is 0 Å². The Morgan fingerprint density at radius 3 is 2.21 bits per heavy atom. The number of hydrogen-bond donors (Lipinski definition) is 1. The van der Waals surface area contributed by atoms with Crippen molar-refractivity contribution in [2.24, 2.45) is 5.92 Å². The second-order valence-electron chi connectivity index (χ2n) is 4.91. The van der Waals surface area contributed by atoms with Gasteiger partial charge in [0.2, 0.25) is 0 Å². The van der Waals surface area contributed by atoms with Crippen molar-refractivity contribution in [1.82, 2.24) is 10.2 Å². The minimum Gasteiger partial charge on any atom is -0.317 e. The average molecular weight is 196 g/mol. The Hall–Kier alpha value is -0.0800. The van der Waals surface area contributed by atoms with E-state index >= 15 is 0 Å². The molecule has 0 bridgehead atoms. The molecule has 1 N–H and O–H groups in total. The minimum atomic E-state index is 1.03. The topological polar surface area (TPSA) is 15.3 Å². The maximum absolute atomic E-state index is 3.47. The standard InChI is InChI=1S/C12H24N2/c1-2-6-12(5-1)11-14-9-3-7-13-8-4-10-14/h12-13H,1-11H2. The highest BCUT2D eigenvalue weighted by molar-refractivity contribution is 4.73. The zero-order valence-corrected chi connectivity index (χ0v) is 9.30. The van der Waals surface area contributed by atoms with Crippen molar-refractivity contribution < 1.29 is 0 Å². The summed E-state index contributed by atoms with van der Waals surface area (Å²) in [5.74, 6) is 1.03. The van der Waals surface area contributed by atoms with E-state index < -0.39 is 0 Å². The van der Waals surface area contributed by atoms with E-state index in [0.29, 0.717) is 0 Å². The van der Waals surface area contributed by atoms with Gasteiger partial charge in [-0.1, -0.05) is 12.8 Å². The second-order valence-corrected chi connectivity index (χ2v) is 4.91. The second kappa shape index (κ2) is 5.72. The van der Waals surface area contributed by atoms with E-state index in [1.807, 2.05) is 0 Å². The fourth-order valence-corrected chi connectivity index (χ4v) is 2.83. The molecule has 82 valence electrons. The van der Waals surface area contributed by atoms with E-state index in [-0.39, 0.29) is 0 Å². The molecule has 1 aliphatic heterocycles. The maximum Gasteiger partial charge on any atom is 0.000967 e. The molecule has 0 atom stereocenters. The largest absolute Gasteiger partial charge is 0.317 e. The van der Waals surface area contributed by atoms with Gasteiger partial charge in [0.25, 0.3) is 0 Å². The molecule has 1 saturated heterocycles. The van der Waals surface area contributed by atoms with Crippen LogP contribution in [-0.4, -0.2) is 37.6 Å². The molecule has 1 aliphatic carbocycles. The smallest absolute Gasteiger partial charge is 0.000967 e. The monoisotopic (exact) mass is 196 g/mol. The van der Waals surface area contributed by atoms with Gasteiger partial charge in [-0.2, -0.15) is 0 Å². The molecule has 2 nitrogen and oxygen atoms in total. The molecule has 0 aromatic carbocycles. The minimum absolute atomic E-state index is 1.03. The van der Waals surface area contributed by atoms with Crippen molar-refractivity contribution in [2.45, 2.75) is 38.5 Å². The maximum atomic E-state index is 3.47. The van der Waals surface area contributed by atoms with E-state index in [1.165, 1.54) is 71.2 Å². The quantitative estimate of drug-likeness (QED) is 0.725. The first-order valence-electron chi connectivity index (χ1n) is 6.38. The van der Waals surface area contributed by atoms with Crippen molar-refractivity contribution >= 4 is 0 Å². The average Bonchev–Trinajstić information content (AvgIpc) is 2.62. The van der Waals surface area contributed by atoms with Crippen LogP contribution < -0.4 is 5.32 Å². The third kappa shape index (κ3) is 3.25. The zero-order chi connectivity index (χ0) is 9.64. The highest BCUT2D eigenvalue weighted by atomic mass is 15.1. The summed E-state index contributed by atoms with van der Waals surface area (Å²) in [5.41, 5.74) is 0. The van der Waals surface area contributed by atoms with Crippen LogP contribution in [0.1, 0.15) is 38.5 Å². The molecule has 0 aromatic heterocycles. The van der Waals surface area contributed by atoms with Crippen LogP contribution in [0, 0.1) is 5.92 Å². The first kappa shape index (κ1) is 10.4. The number of rotatable bonds is 2. The van der Waals surface area contributed by atoms with Gasteiger partial charge in [-0.3, -0.25) is 0 Å². The Bertz CT molecular complexity index is 144. The fourth-order valence-electron chi connectivity index (χ4n) is 2.83. The molecule has 14 heavy (non-hydrogen) atoms. The van der Waals surface area contributed by atoms with Crippen LogP contribution in [0.5, 0.6) is 0 Å². The van der Waals surface area contributed by atoms with Gasteiger partial charge in [0.15, 0.2) is 0 Å². The normalized spacial score (nSPS) is 27.4. The van der Waals surface area contributed by atoms with E-state index in [4.69, 9.17) is 0 Å². The zero-order valence-electron chi connectivity index (χ0n) is 9.30. The molecule has 0 radical (unpaired) electrons. The summed E-state index contributed by atoms with van der Waals surface area (Å²) in [4.78, 5) is 2.71. The Kier molecular flexibility index (Phi) is 4.26. The van der Waals surface area contributed by atoms with Gasteiger partial charge in [0.1, 0.15) is 0 Å². The molecule has 0 aromatic rings. The van der Waals surface area contributed by atoms with E-state index in [0.717, 1.165) is 5.92 Å². The van der Waals surface area contributed by atoms with Gasteiger partial charge >= 0.3 is 0 Å². The Morgan fingerprint density at radius 2 is 1.57 bits per heavy atom. The van der Waals surface area contributed by atoms with Crippen molar-refractivity contribution in [3.8, 4) is 0 Å². The Morgan fingerprint density at radius 1 is 0.929 bits per heavy atom. The first-order chi connectivity index (χ1) is 6.95. The van der Waals surface area contributed by atoms with Gasteiger partial charge in [-0.15, -0.1) is 0 Å². The third-order valence-corrected chi connectivity index (χ3v) is 3.65. The van der Waals surface area contributed by atoms with Crippen molar-refractivity contribution in [2.75, 3.05) is 32.7 Å². The summed E-state index contributed by atoms with van der Waals surface area (Å²) in [6.07, 6.45) is 8.64. The Balaban J connectivity index is 1.70. The molecular weight excluding hydrogens is 172 g/mol. The van der Waals surface area contributed by atoms with Crippen molar-refractivity contribution in [3.63, 3.8) is 0 Å². The first-order valence-corrected chi connectivity index (χ1v) is 6.38. The van der Waals surface area contributed by atoms with Crippen molar-refractivity contribution in [3.05, 3.63) is 0 Å². The van der Waals surface area contributed by atoms with Crippen LogP contribution in [0.3, 0.4) is 0 Å². The number of nitrogens with zero attached hydrogens (tertiary/aromatic N) is 1. The lowest BCUT2D eigenvalue weighted by molar-refractivity contribution is 0.216. The van der Waals surface area contributed by atoms with Crippen LogP contribution in [0.4, 0.5) is 0 Å². The summed E-state index contributed by atoms with van der Waals surface area (Å²) in [5, 5.41) is 3.47. The summed E-state index contributed by atoms with van der Waals surface area (Å²) in [6.45, 7) is 6.48. The van der Waals surface area contributed by atoms with Gasteiger partial charge < -0.3 is 10.2 Å². The molecule has 2 rings (SSSR count). The summed E-state index contributed by atoms with van der Waals surface area (Å²) < 4.78 is 0. The molecule has 2 aliphatic rings. The molecule has 1 heterocycles. The van der Waals surface area contributed by atoms with Gasteiger partial charge in [-0.05, 0) is 57.8 Å². The summed E-state index contributed by atoms with van der Waals surface area (Å²) >= 11 is 0. The number of hydrogen-bond acceptors (Lipinski definition) is 2. The lowest BCUT2D eigenvalue weighted by Crippen LogP contribution is -2.36. The van der Waals surface area contributed by atoms with E-state index in [2.05, 4.69) is 10.2 Å². The van der Waals surface area contributed by atoms with Crippen molar-refractivity contribution in [1.29, 1.82) is 0 Å². The predicted molar refractivity (Wildman–Crippen MR) is 60.5 cm³/mol. The Labute approximate surface area is 88.1 Å².